The van der Waals surface area contributed by atoms with Crippen molar-refractivity contribution in [3.05, 3.63) is 28.8 Å². The Balaban J connectivity index is 2.94. The van der Waals surface area contributed by atoms with E-state index in [0.717, 1.165) is 6.42 Å². The summed E-state index contributed by atoms with van der Waals surface area (Å²) in [4.78, 5) is 11.8. The fourth-order valence-electron chi connectivity index (χ4n) is 1.59. The second-order valence-electron chi connectivity index (χ2n) is 3.87. The van der Waals surface area contributed by atoms with Gasteiger partial charge in [-0.2, -0.15) is 5.26 Å². The minimum Gasteiger partial charge on any atom is -0.477 e. The van der Waals surface area contributed by atoms with Crippen molar-refractivity contribution in [2.75, 3.05) is 6.61 Å². The van der Waals surface area contributed by atoms with Gasteiger partial charge < -0.3 is 9.47 Å². The van der Waals surface area contributed by atoms with Gasteiger partial charge >= 0.3 is 5.97 Å². The van der Waals surface area contributed by atoms with Crippen LogP contribution in [0.15, 0.2) is 18.2 Å². The van der Waals surface area contributed by atoms with Gasteiger partial charge in [-0.1, -0.05) is 31.0 Å². The molecule has 1 rings (SSSR count). The molecule has 0 aliphatic rings. The summed E-state index contributed by atoms with van der Waals surface area (Å²) in [6, 6.07) is 6.87. The van der Waals surface area contributed by atoms with Gasteiger partial charge in [-0.25, -0.2) is 4.79 Å². The average molecular weight is 282 g/mol. The lowest BCUT2D eigenvalue weighted by atomic mass is 10.2. The van der Waals surface area contributed by atoms with Gasteiger partial charge in [-0.3, -0.25) is 0 Å². The summed E-state index contributed by atoms with van der Waals surface area (Å²) < 4.78 is 10.5. The largest absolute Gasteiger partial charge is 0.477 e. The van der Waals surface area contributed by atoms with Crippen molar-refractivity contribution in [2.24, 2.45) is 0 Å². The van der Waals surface area contributed by atoms with E-state index in [-0.39, 0.29) is 5.56 Å². The molecule has 102 valence electrons. The molecule has 0 saturated carbocycles. The molecule has 0 radical (unpaired) electrons. The molecule has 0 aliphatic heterocycles. The molecule has 0 fully saturated rings. The van der Waals surface area contributed by atoms with Crippen LogP contribution in [-0.2, 0) is 9.53 Å². The van der Waals surface area contributed by atoms with Crippen LogP contribution in [0.3, 0.4) is 0 Å². The Kier molecular flexibility index (Phi) is 6.17. The number of carbonyl (C=O) groups is 1. The topological polar surface area (TPSA) is 59.3 Å². The SMILES string of the molecule is CCCC(Oc1cccc(Cl)c1C#N)C(=O)OCC. The van der Waals surface area contributed by atoms with Crippen LogP contribution in [-0.4, -0.2) is 18.7 Å². The number of nitrogens with zero attached hydrogens (tertiary/aromatic N) is 1. The molecule has 0 amide bonds. The van der Waals surface area contributed by atoms with Gasteiger partial charge in [-0.15, -0.1) is 0 Å². The first-order chi connectivity index (χ1) is 9.13. The summed E-state index contributed by atoms with van der Waals surface area (Å²) in [7, 11) is 0. The number of nitriles is 1. The van der Waals surface area contributed by atoms with Crippen molar-refractivity contribution in [1.82, 2.24) is 0 Å². The fraction of sp³-hybridized carbons (Fsp3) is 0.429. The minimum atomic E-state index is -0.712. The third kappa shape index (κ3) is 4.15. The van der Waals surface area contributed by atoms with E-state index in [1.165, 1.54) is 0 Å². The Hall–Kier alpha value is -1.73. The lowest BCUT2D eigenvalue weighted by Gasteiger charge is -2.18. The molecular weight excluding hydrogens is 266 g/mol. The van der Waals surface area contributed by atoms with Crippen molar-refractivity contribution >= 4 is 17.6 Å². The summed E-state index contributed by atoms with van der Waals surface area (Å²) in [6.07, 6.45) is 0.581. The molecule has 0 saturated heterocycles. The van der Waals surface area contributed by atoms with Crippen LogP contribution in [0.25, 0.3) is 0 Å². The average Bonchev–Trinajstić information content (AvgIpc) is 2.38. The van der Waals surface area contributed by atoms with Crippen LogP contribution in [0.4, 0.5) is 0 Å². The van der Waals surface area contributed by atoms with Gasteiger partial charge in [0.15, 0.2) is 6.10 Å². The molecular formula is C14H16ClNO3. The number of esters is 1. The lowest BCUT2D eigenvalue weighted by Crippen LogP contribution is -2.29. The predicted octanol–water partition coefficient (Wildman–Crippen LogP) is 3.32. The smallest absolute Gasteiger partial charge is 0.347 e. The highest BCUT2D eigenvalue weighted by molar-refractivity contribution is 6.31. The molecule has 0 spiro atoms. The molecule has 0 aliphatic carbocycles. The molecule has 4 nitrogen and oxygen atoms in total. The van der Waals surface area contributed by atoms with Crippen molar-refractivity contribution in [1.29, 1.82) is 5.26 Å². The van der Waals surface area contributed by atoms with Gasteiger partial charge in [-0.05, 0) is 25.5 Å². The molecule has 1 aromatic rings. The number of rotatable bonds is 6. The minimum absolute atomic E-state index is 0.231. The van der Waals surface area contributed by atoms with Gasteiger partial charge in [0.1, 0.15) is 17.4 Å². The normalized spacial score (nSPS) is 11.5. The Bertz CT molecular complexity index is 482. The van der Waals surface area contributed by atoms with E-state index in [1.807, 2.05) is 13.0 Å². The zero-order valence-electron chi connectivity index (χ0n) is 11.0. The number of hydrogen-bond acceptors (Lipinski definition) is 4. The maximum Gasteiger partial charge on any atom is 0.347 e. The zero-order valence-corrected chi connectivity index (χ0v) is 11.7. The highest BCUT2D eigenvalue weighted by Crippen LogP contribution is 2.27. The quantitative estimate of drug-likeness (QED) is 0.751. The zero-order chi connectivity index (χ0) is 14.3. The molecule has 1 atom stereocenters. The van der Waals surface area contributed by atoms with Crippen molar-refractivity contribution in [3.8, 4) is 11.8 Å². The van der Waals surface area contributed by atoms with Crippen LogP contribution >= 0.6 is 11.6 Å². The van der Waals surface area contributed by atoms with Crippen molar-refractivity contribution < 1.29 is 14.3 Å². The molecule has 0 aromatic heterocycles. The summed E-state index contributed by atoms with van der Waals surface area (Å²) in [6.45, 7) is 3.98. The first kappa shape index (κ1) is 15.3. The molecule has 0 bridgehead atoms. The Morgan fingerprint density at radius 2 is 2.21 bits per heavy atom. The number of halogens is 1. The molecule has 19 heavy (non-hydrogen) atoms. The van der Waals surface area contributed by atoms with Crippen LogP contribution in [0.1, 0.15) is 32.3 Å². The van der Waals surface area contributed by atoms with E-state index in [0.29, 0.717) is 23.8 Å². The van der Waals surface area contributed by atoms with E-state index in [9.17, 15) is 4.79 Å². The van der Waals surface area contributed by atoms with E-state index < -0.39 is 12.1 Å². The maximum atomic E-state index is 11.8. The third-order valence-electron chi connectivity index (χ3n) is 2.46. The summed E-state index contributed by atoms with van der Waals surface area (Å²) in [5.41, 5.74) is 0.231. The maximum absolute atomic E-state index is 11.8. The van der Waals surface area contributed by atoms with E-state index in [4.69, 9.17) is 26.3 Å². The number of benzene rings is 1. The van der Waals surface area contributed by atoms with E-state index in [1.54, 1.807) is 25.1 Å². The monoisotopic (exact) mass is 281 g/mol. The second-order valence-corrected chi connectivity index (χ2v) is 4.28. The van der Waals surface area contributed by atoms with Gasteiger partial charge in [0.25, 0.3) is 0 Å². The van der Waals surface area contributed by atoms with Crippen LogP contribution in [0.2, 0.25) is 5.02 Å². The summed E-state index contributed by atoms with van der Waals surface area (Å²) in [5.74, 6) is -0.116. The van der Waals surface area contributed by atoms with Crippen molar-refractivity contribution in [2.45, 2.75) is 32.8 Å². The van der Waals surface area contributed by atoms with Gasteiger partial charge in [0, 0.05) is 0 Å². The van der Waals surface area contributed by atoms with Gasteiger partial charge in [0.2, 0.25) is 0 Å². The fourth-order valence-corrected chi connectivity index (χ4v) is 1.79. The van der Waals surface area contributed by atoms with Crippen LogP contribution in [0.5, 0.6) is 5.75 Å². The Morgan fingerprint density at radius 3 is 2.79 bits per heavy atom. The van der Waals surface area contributed by atoms with Crippen LogP contribution < -0.4 is 4.74 Å². The molecule has 0 heterocycles. The lowest BCUT2D eigenvalue weighted by molar-refractivity contribution is -0.151. The summed E-state index contributed by atoms with van der Waals surface area (Å²) in [5, 5.41) is 9.36. The number of hydrogen-bond donors (Lipinski definition) is 0. The van der Waals surface area contributed by atoms with Crippen molar-refractivity contribution in [3.63, 3.8) is 0 Å². The highest BCUT2D eigenvalue weighted by Gasteiger charge is 2.22. The molecule has 1 unspecified atom stereocenters. The third-order valence-corrected chi connectivity index (χ3v) is 2.77. The Morgan fingerprint density at radius 1 is 1.47 bits per heavy atom. The van der Waals surface area contributed by atoms with Gasteiger partial charge in [0.05, 0.1) is 11.6 Å². The molecule has 1 aromatic carbocycles. The van der Waals surface area contributed by atoms with Crippen LogP contribution in [0, 0.1) is 11.3 Å². The molecule has 0 N–H and O–H groups in total. The predicted molar refractivity (Wildman–Crippen MR) is 72.1 cm³/mol. The van der Waals surface area contributed by atoms with E-state index in [2.05, 4.69) is 0 Å². The van der Waals surface area contributed by atoms with E-state index >= 15 is 0 Å². The number of ether oxygens (including phenoxy) is 2. The first-order valence-electron chi connectivity index (χ1n) is 6.15. The summed E-state index contributed by atoms with van der Waals surface area (Å²) >= 11 is 5.91. The first-order valence-corrected chi connectivity index (χ1v) is 6.53. The highest BCUT2D eigenvalue weighted by atomic mass is 35.5. The second kappa shape index (κ2) is 7.65. The standard InChI is InChI=1S/C14H16ClNO3/c1-3-6-13(14(17)18-4-2)19-12-8-5-7-11(15)10(12)9-16/h5,7-8,13H,3-4,6H2,1-2H3. The number of carbonyl (C=O) groups excluding carboxylic acids is 1. The Labute approximate surface area is 117 Å². The molecule has 5 heteroatoms.